The lowest BCUT2D eigenvalue weighted by Crippen LogP contribution is -2.32. The Morgan fingerprint density at radius 2 is 1.89 bits per heavy atom. The molecule has 19 heavy (non-hydrogen) atoms. The molecule has 0 saturated heterocycles. The second kappa shape index (κ2) is 4.53. The molecule has 1 heterocycles. The van der Waals surface area contributed by atoms with Crippen molar-refractivity contribution in [1.82, 2.24) is 4.98 Å². The van der Waals surface area contributed by atoms with E-state index in [1.807, 2.05) is 24.3 Å². The van der Waals surface area contributed by atoms with E-state index in [9.17, 15) is 9.90 Å². The molecule has 3 rings (SSSR count). The molecule has 1 aliphatic rings. The topological polar surface area (TPSA) is 63.3 Å². The fourth-order valence-electron chi connectivity index (χ4n) is 2.90. The van der Waals surface area contributed by atoms with Crippen LogP contribution in [0.15, 0.2) is 41.1 Å². The highest BCUT2D eigenvalue weighted by atomic mass is 16.4. The average molecular weight is 257 g/mol. The Bertz CT molecular complexity index is 566. The van der Waals surface area contributed by atoms with Crippen molar-refractivity contribution in [3.05, 3.63) is 42.3 Å². The number of hydrogen-bond acceptors (Lipinski definition) is 3. The van der Waals surface area contributed by atoms with Gasteiger partial charge in [-0.15, -0.1) is 0 Å². The minimum atomic E-state index is -0.714. The van der Waals surface area contributed by atoms with Crippen LogP contribution in [0.4, 0.5) is 0 Å². The van der Waals surface area contributed by atoms with Crippen molar-refractivity contribution < 1.29 is 14.3 Å². The number of benzene rings is 1. The first kappa shape index (κ1) is 12.0. The van der Waals surface area contributed by atoms with Crippen LogP contribution < -0.4 is 0 Å². The van der Waals surface area contributed by atoms with Gasteiger partial charge in [-0.1, -0.05) is 25.0 Å². The molecule has 0 amide bonds. The van der Waals surface area contributed by atoms with Crippen LogP contribution in [-0.4, -0.2) is 16.1 Å². The lowest BCUT2D eigenvalue weighted by atomic mass is 9.79. The third-order valence-corrected chi connectivity index (χ3v) is 3.98. The van der Waals surface area contributed by atoms with Crippen molar-refractivity contribution >= 4 is 5.97 Å². The average Bonchev–Trinajstić information content (AvgIpc) is 3.11. The Labute approximate surface area is 111 Å². The van der Waals surface area contributed by atoms with E-state index >= 15 is 0 Å². The van der Waals surface area contributed by atoms with E-state index in [-0.39, 0.29) is 0 Å². The second-order valence-corrected chi connectivity index (χ2v) is 5.01. The first-order valence-electron chi connectivity index (χ1n) is 6.46. The fraction of sp³-hybridized carbons (Fsp3) is 0.333. The summed E-state index contributed by atoms with van der Waals surface area (Å²) in [5.41, 5.74) is 1.05. The number of oxazole rings is 1. The quantitative estimate of drug-likeness (QED) is 0.916. The van der Waals surface area contributed by atoms with E-state index in [4.69, 9.17) is 4.42 Å². The molecule has 2 aromatic rings. The zero-order chi connectivity index (χ0) is 13.3. The molecule has 1 aromatic carbocycles. The lowest BCUT2D eigenvalue weighted by molar-refractivity contribution is -0.143. The highest BCUT2D eigenvalue weighted by Crippen LogP contribution is 2.41. The molecule has 0 unspecified atom stereocenters. The highest BCUT2D eigenvalue weighted by molar-refractivity contribution is 5.82. The normalized spacial score (nSPS) is 17.5. The Kier molecular flexibility index (Phi) is 2.85. The van der Waals surface area contributed by atoms with Gasteiger partial charge in [0.25, 0.3) is 0 Å². The molecule has 1 aromatic heterocycles. The Balaban J connectivity index is 1.96. The van der Waals surface area contributed by atoms with Crippen LogP contribution in [0.5, 0.6) is 0 Å². The Morgan fingerprint density at radius 1 is 1.21 bits per heavy atom. The Hall–Kier alpha value is -2.10. The molecule has 4 nitrogen and oxygen atoms in total. The molecule has 0 bridgehead atoms. The van der Waals surface area contributed by atoms with Crippen LogP contribution in [0.3, 0.4) is 0 Å². The summed E-state index contributed by atoms with van der Waals surface area (Å²) in [6.07, 6.45) is 6.53. The minimum Gasteiger partial charge on any atom is -0.481 e. The molecular weight excluding hydrogens is 242 g/mol. The first-order valence-corrected chi connectivity index (χ1v) is 6.46. The van der Waals surface area contributed by atoms with Gasteiger partial charge in [0.15, 0.2) is 0 Å². The van der Waals surface area contributed by atoms with Gasteiger partial charge in [0.2, 0.25) is 5.89 Å². The fourth-order valence-corrected chi connectivity index (χ4v) is 2.90. The van der Waals surface area contributed by atoms with Crippen molar-refractivity contribution in [2.75, 3.05) is 0 Å². The van der Waals surface area contributed by atoms with E-state index in [1.54, 1.807) is 6.20 Å². The van der Waals surface area contributed by atoms with Crippen LogP contribution in [0, 0.1) is 0 Å². The number of carboxylic acid groups (broad SMARTS) is 1. The summed E-state index contributed by atoms with van der Waals surface area (Å²) in [6.45, 7) is 0. The van der Waals surface area contributed by atoms with Crippen LogP contribution in [-0.2, 0) is 10.2 Å². The van der Waals surface area contributed by atoms with Gasteiger partial charge in [0.1, 0.15) is 6.26 Å². The van der Waals surface area contributed by atoms with Gasteiger partial charge in [-0.25, -0.2) is 4.98 Å². The van der Waals surface area contributed by atoms with Crippen LogP contribution in [0.25, 0.3) is 11.5 Å². The maximum Gasteiger partial charge on any atom is 0.314 e. The molecule has 0 atom stereocenters. The molecular formula is C15H15NO3. The van der Waals surface area contributed by atoms with Crippen LogP contribution in [0.1, 0.15) is 31.2 Å². The molecule has 4 heteroatoms. The molecule has 1 N–H and O–H groups in total. The molecule has 1 fully saturated rings. The second-order valence-electron chi connectivity index (χ2n) is 5.01. The van der Waals surface area contributed by atoms with Gasteiger partial charge in [-0.2, -0.15) is 0 Å². The van der Waals surface area contributed by atoms with Crippen molar-refractivity contribution in [1.29, 1.82) is 0 Å². The SMILES string of the molecule is O=C(O)C1(c2ccc(-c3ncco3)cc2)CCCC1. The van der Waals surface area contributed by atoms with Gasteiger partial charge in [-0.3, -0.25) is 4.79 Å². The third-order valence-electron chi connectivity index (χ3n) is 3.98. The molecule has 0 radical (unpaired) electrons. The van der Waals surface area contributed by atoms with Crippen molar-refractivity contribution in [3.8, 4) is 11.5 Å². The van der Waals surface area contributed by atoms with Gasteiger partial charge in [0, 0.05) is 5.56 Å². The predicted octanol–water partition coefficient (Wildman–Crippen LogP) is 3.24. The number of nitrogens with zero attached hydrogens (tertiary/aromatic N) is 1. The lowest BCUT2D eigenvalue weighted by Gasteiger charge is -2.24. The van der Waals surface area contributed by atoms with Gasteiger partial charge in [0.05, 0.1) is 11.6 Å². The first-order chi connectivity index (χ1) is 9.22. The number of carboxylic acids is 1. The number of aliphatic carboxylic acids is 1. The minimum absolute atomic E-state index is 0.558. The van der Waals surface area contributed by atoms with E-state index in [0.29, 0.717) is 5.89 Å². The molecule has 0 aliphatic heterocycles. The number of aromatic nitrogens is 1. The molecule has 0 spiro atoms. The van der Waals surface area contributed by atoms with Crippen LogP contribution >= 0.6 is 0 Å². The van der Waals surface area contributed by atoms with Gasteiger partial charge >= 0.3 is 5.97 Å². The number of carbonyl (C=O) groups is 1. The van der Waals surface area contributed by atoms with Gasteiger partial charge in [-0.05, 0) is 30.5 Å². The smallest absolute Gasteiger partial charge is 0.314 e. The summed E-state index contributed by atoms with van der Waals surface area (Å²) in [4.78, 5) is 15.7. The largest absolute Gasteiger partial charge is 0.481 e. The summed E-state index contributed by atoms with van der Waals surface area (Å²) in [6, 6.07) is 7.53. The monoisotopic (exact) mass is 257 g/mol. The zero-order valence-electron chi connectivity index (χ0n) is 10.5. The molecule has 1 saturated carbocycles. The number of hydrogen-bond donors (Lipinski definition) is 1. The zero-order valence-corrected chi connectivity index (χ0v) is 10.5. The Morgan fingerprint density at radius 3 is 2.42 bits per heavy atom. The van der Waals surface area contributed by atoms with E-state index in [0.717, 1.165) is 36.8 Å². The number of rotatable bonds is 3. The van der Waals surface area contributed by atoms with Crippen molar-refractivity contribution in [3.63, 3.8) is 0 Å². The van der Waals surface area contributed by atoms with Crippen molar-refractivity contribution in [2.24, 2.45) is 0 Å². The summed E-state index contributed by atoms with van der Waals surface area (Å²) in [5.74, 6) is -0.156. The van der Waals surface area contributed by atoms with Crippen molar-refractivity contribution in [2.45, 2.75) is 31.1 Å². The third kappa shape index (κ3) is 1.93. The molecule has 98 valence electrons. The maximum atomic E-state index is 11.6. The summed E-state index contributed by atoms with van der Waals surface area (Å²) < 4.78 is 5.23. The summed E-state index contributed by atoms with van der Waals surface area (Å²) in [7, 11) is 0. The van der Waals surface area contributed by atoms with E-state index in [1.165, 1.54) is 6.26 Å². The van der Waals surface area contributed by atoms with E-state index < -0.39 is 11.4 Å². The van der Waals surface area contributed by atoms with Crippen LogP contribution in [0.2, 0.25) is 0 Å². The maximum absolute atomic E-state index is 11.6. The summed E-state index contributed by atoms with van der Waals surface area (Å²) in [5, 5.41) is 9.54. The predicted molar refractivity (Wildman–Crippen MR) is 69.7 cm³/mol. The standard InChI is InChI=1S/C15H15NO3/c17-14(18)15(7-1-2-8-15)12-5-3-11(4-6-12)13-16-9-10-19-13/h3-6,9-10H,1-2,7-8H2,(H,17,18). The highest BCUT2D eigenvalue weighted by Gasteiger charge is 2.42. The van der Waals surface area contributed by atoms with Gasteiger partial charge < -0.3 is 9.52 Å². The molecule has 1 aliphatic carbocycles. The van der Waals surface area contributed by atoms with E-state index in [2.05, 4.69) is 4.98 Å². The summed E-state index contributed by atoms with van der Waals surface area (Å²) >= 11 is 0.